The first-order valence-electron chi connectivity index (χ1n) is 8.23. The summed E-state index contributed by atoms with van der Waals surface area (Å²) in [5, 5.41) is 3.51. The average molecular weight is 320 g/mol. The van der Waals surface area contributed by atoms with Crippen LogP contribution in [0.25, 0.3) is 0 Å². The molecule has 0 radical (unpaired) electrons. The molecule has 1 aromatic carbocycles. The van der Waals surface area contributed by atoms with Crippen LogP contribution >= 0.6 is 0 Å². The van der Waals surface area contributed by atoms with E-state index < -0.39 is 5.41 Å². The van der Waals surface area contributed by atoms with Crippen LogP contribution in [-0.2, 0) is 9.53 Å². The Morgan fingerprint density at radius 2 is 1.91 bits per heavy atom. The SMILES string of the molecule is COc1ccc([C@H](C)[C@@H](C)NCC2(C(N)=O)CCOCC2)cc1. The molecule has 0 spiro atoms. The van der Waals surface area contributed by atoms with Crippen molar-refractivity contribution in [2.45, 2.75) is 38.6 Å². The number of benzene rings is 1. The molecule has 0 saturated carbocycles. The minimum Gasteiger partial charge on any atom is -0.497 e. The highest BCUT2D eigenvalue weighted by Crippen LogP contribution is 2.30. The van der Waals surface area contributed by atoms with E-state index in [0.717, 1.165) is 5.75 Å². The van der Waals surface area contributed by atoms with E-state index in [1.807, 2.05) is 12.1 Å². The van der Waals surface area contributed by atoms with Gasteiger partial charge in [0.2, 0.25) is 5.91 Å². The van der Waals surface area contributed by atoms with Crippen LogP contribution in [0, 0.1) is 5.41 Å². The van der Waals surface area contributed by atoms with Gasteiger partial charge in [-0.2, -0.15) is 0 Å². The topological polar surface area (TPSA) is 73.6 Å². The van der Waals surface area contributed by atoms with E-state index >= 15 is 0 Å². The Morgan fingerprint density at radius 1 is 1.30 bits per heavy atom. The molecule has 2 rings (SSSR count). The molecular formula is C18H28N2O3. The van der Waals surface area contributed by atoms with Gasteiger partial charge in [0.1, 0.15) is 5.75 Å². The third-order valence-electron chi connectivity index (χ3n) is 5.13. The summed E-state index contributed by atoms with van der Waals surface area (Å²) in [6.07, 6.45) is 1.39. The van der Waals surface area contributed by atoms with Gasteiger partial charge in [0.05, 0.1) is 12.5 Å². The van der Waals surface area contributed by atoms with Crippen molar-refractivity contribution in [1.82, 2.24) is 5.32 Å². The van der Waals surface area contributed by atoms with E-state index in [-0.39, 0.29) is 11.9 Å². The number of ether oxygens (including phenoxy) is 2. The maximum atomic E-state index is 11.9. The largest absolute Gasteiger partial charge is 0.497 e. The monoisotopic (exact) mass is 320 g/mol. The number of amides is 1. The number of hydrogen-bond acceptors (Lipinski definition) is 4. The van der Waals surface area contributed by atoms with Crippen molar-refractivity contribution < 1.29 is 14.3 Å². The summed E-state index contributed by atoms with van der Waals surface area (Å²) in [6.45, 7) is 6.14. The third-order valence-corrected chi connectivity index (χ3v) is 5.13. The molecule has 1 aliphatic heterocycles. The molecule has 1 saturated heterocycles. The minimum atomic E-state index is -0.480. The van der Waals surface area contributed by atoms with Gasteiger partial charge in [0.25, 0.3) is 0 Å². The van der Waals surface area contributed by atoms with Crippen LogP contribution in [0.1, 0.15) is 38.2 Å². The molecule has 3 N–H and O–H groups in total. The number of rotatable bonds is 7. The number of primary amides is 1. The van der Waals surface area contributed by atoms with Crippen molar-refractivity contribution in [3.8, 4) is 5.75 Å². The molecule has 0 unspecified atom stereocenters. The van der Waals surface area contributed by atoms with E-state index in [1.165, 1.54) is 5.56 Å². The lowest BCUT2D eigenvalue weighted by Gasteiger charge is -2.36. The summed E-state index contributed by atoms with van der Waals surface area (Å²) in [7, 11) is 1.67. The van der Waals surface area contributed by atoms with Crippen molar-refractivity contribution in [2.75, 3.05) is 26.9 Å². The molecule has 23 heavy (non-hydrogen) atoms. The zero-order chi connectivity index (χ0) is 16.9. The zero-order valence-electron chi connectivity index (χ0n) is 14.3. The molecule has 0 aliphatic carbocycles. The van der Waals surface area contributed by atoms with Gasteiger partial charge in [-0.05, 0) is 43.4 Å². The van der Waals surface area contributed by atoms with Gasteiger partial charge in [-0.15, -0.1) is 0 Å². The predicted molar refractivity (Wildman–Crippen MR) is 90.6 cm³/mol. The summed E-state index contributed by atoms with van der Waals surface area (Å²) in [6, 6.07) is 8.35. The highest BCUT2D eigenvalue weighted by Gasteiger charge is 2.38. The van der Waals surface area contributed by atoms with E-state index in [2.05, 4.69) is 31.3 Å². The van der Waals surface area contributed by atoms with Crippen molar-refractivity contribution in [1.29, 1.82) is 0 Å². The highest BCUT2D eigenvalue weighted by molar-refractivity contribution is 5.81. The maximum Gasteiger partial charge on any atom is 0.225 e. The summed E-state index contributed by atoms with van der Waals surface area (Å²) in [5.41, 5.74) is 6.42. The van der Waals surface area contributed by atoms with Crippen LogP contribution in [0.3, 0.4) is 0 Å². The Morgan fingerprint density at radius 3 is 2.43 bits per heavy atom. The van der Waals surface area contributed by atoms with E-state index in [1.54, 1.807) is 7.11 Å². The quantitative estimate of drug-likeness (QED) is 0.806. The average Bonchev–Trinajstić information content (AvgIpc) is 2.59. The van der Waals surface area contributed by atoms with E-state index in [4.69, 9.17) is 15.2 Å². The molecule has 0 bridgehead atoms. The number of nitrogens with two attached hydrogens (primary N) is 1. The molecule has 1 aliphatic rings. The fraction of sp³-hybridized carbons (Fsp3) is 0.611. The molecule has 1 aromatic rings. The van der Waals surface area contributed by atoms with Crippen LogP contribution < -0.4 is 15.8 Å². The lowest BCUT2D eigenvalue weighted by Crippen LogP contribution is -2.50. The second kappa shape index (κ2) is 7.79. The normalized spacial score (nSPS) is 19.8. The Balaban J connectivity index is 1.96. The molecule has 5 nitrogen and oxygen atoms in total. The molecule has 0 aromatic heterocycles. The number of nitrogens with one attached hydrogen (secondary N) is 1. The second-order valence-electron chi connectivity index (χ2n) is 6.49. The number of hydrogen-bond donors (Lipinski definition) is 2. The summed E-state index contributed by atoms with van der Waals surface area (Å²) >= 11 is 0. The first-order chi connectivity index (χ1) is 11.0. The van der Waals surface area contributed by atoms with Gasteiger partial charge in [-0.1, -0.05) is 19.1 Å². The van der Waals surface area contributed by atoms with Crippen molar-refractivity contribution >= 4 is 5.91 Å². The molecule has 1 heterocycles. The van der Waals surface area contributed by atoms with Crippen molar-refractivity contribution in [3.63, 3.8) is 0 Å². The summed E-state index contributed by atoms with van der Waals surface area (Å²) in [5.74, 6) is 0.958. The molecule has 5 heteroatoms. The standard InChI is InChI=1S/C18H28N2O3/c1-13(15-4-6-16(22-3)7-5-15)14(2)20-12-18(17(19)21)8-10-23-11-9-18/h4-7,13-14,20H,8-12H2,1-3H3,(H2,19,21)/t13-,14-/m1/s1. The first kappa shape index (κ1) is 17.8. The Labute approximate surface area is 138 Å². The Kier molecular flexibility index (Phi) is 6.02. The first-order valence-corrected chi connectivity index (χ1v) is 8.23. The number of carbonyl (C=O) groups excluding carboxylic acids is 1. The molecular weight excluding hydrogens is 292 g/mol. The van der Waals surface area contributed by atoms with E-state index in [9.17, 15) is 4.79 Å². The van der Waals surface area contributed by atoms with Gasteiger partial charge in [-0.3, -0.25) is 4.79 Å². The van der Waals surface area contributed by atoms with Crippen LogP contribution in [0.2, 0.25) is 0 Å². The Bertz CT molecular complexity index is 510. The fourth-order valence-electron chi connectivity index (χ4n) is 3.00. The van der Waals surface area contributed by atoms with Crippen LogP contribution in [0.4, 0.5) is 0 Å². The minimum absolute atomic E-state index is 0.224. The number of methoxy groups -OCH3 is 1. The summed E-state index contributed by atoms with van der Waals surface area (Å²) < 4.78 is 10.6. The highest BCUT2D eigenvalue weighted by atomic mass is 16.5. The molecule has 2 atom stereocenters. The van der Waals surface area contributed by atoms with Crippen molar-refractivity contribution in [3.05, 3.63) is 29.8 Å². The maximum absolute atomic E-state index is 11.9. The number of carbonyl (C=O) groups is 1. The van der Waals surface area contributed by atoms with Crippen LogP contribution in [-0.4, -0.2) is 38.8 Å². The smallest absolute Gasteiger partial charge is 0.225 e. The lowest BCUT2D eigenvalue weighted by atomic mass is 9.79. The molecule has 128 valence electrons. The molecule has 1 amide bonds. The zero-order valence-corrected chi connectivity index (χ0v) is 14.3. The van der Waals surface area contributed by atoms with Gasteiger partial charge in [0.15, 0.2) is 0 Å². The van der Waals surface area contributed by atoms with Crippen molar-refractivity contribution in [2.24, 2.45) is 11.1 Å². The van der Waals surface area contributed by atoms with Gasteiger partial charge < -0.3 is 20.5 Å². The van der Waals surface area contributed by atoms with E-state index in [0.29, 0.717) is 38.5 Å². The van der Waals surface area contributed by atoms with Gasteiger partial charge in [-0.25, -0.2) is 0 Å². The predicted octanol–water partition coefficient (Wildman–Crippen LogP) is 2.06. The third kappa shape index (κ3) is 4.24. The second-order valence-corrected chi connectivity index (χ2v) is 6.49. The fourth-order valence-corrected chi connectivity index (χ4v) is 3.00. The Hall–Kier alpha value is -1.59. The molecule has 1 fully saturated rings. The van der Waals surface area contributed by atoms with Crippen LogP contribution in [0.15, 0.2) is 24.3 Å². The summed E-state index contributed by atoms with van der Waals surface area (Å²) in [4.78, 5) is 11.9. The van der Waals surface area contributed by atoms with Gasteiger partial charge >= 0.3 is 0 Å². The van der Waals surface area contributed by atoms with Crippen LogP contribution in [0.5, 0.6) is 5.75 Å². The lowest BCUT2D eigenvalue weighted by molar-refractivity contribution is -0.133. The van der Waals surface area contributed by atoms with Gasteiger partial charge in [0, 0.05) is 25.8 Å².